The van der Waals surface area contributed by atoms with E-state index in [1.165, 1.54) is 0 Å². The smallest absolute Gasteiger partial charge is 0.118 e. The van der Waals surface area contributed by atoms with Gasteiger partial charge >= 0.3 is 0 Å². The van der Waals surface area contributed by atoms with Crippen LogP contribution in [0.1, 0.15) is 20.3 Å². The summed E-state index contributed by atoms with van der Waals surface area (Å²) in [6.45, 7) is 12.1. The number of amidine groups is 2. The maximum absolute atomic E-state index is 11.5. The number of likely N-dealkylation sites (N-methyl/N-ethyl adjacent to an activating group) is 2. The van der Waals surface area contributed by atoms with Crippen LogP contribution in [-0.2, 0) is 0 Å². The normalized spacial score (nSPS) is 22.8. The average Bonchev–Trinajstić information content (AvgIpc) is 2.91. The summed E-state index contributed by atoms with van der Waals surface area (Å²) in [5, 5.41) is 11.5. The summed E-state index contributed by atoms with van der Waals surface area (Å²) in [5.41, 5.74) is 1.81. The van der Waals surface area contributed by atoms with Crippen LogP contribution in [0.5, 0.6) is 0 Å². The van der Waals surface area contributed by atoms with Crippen LogP contribution >= 0.6 is 0 Å². The van der Waals surface area contributed by atoms with Crippen LogP contribution in [-0.4, -0.2) is 109 Å². The van der Waals surface area contributed by atoms with Crippen molar-refractivity contribution in [2.45, 2.75) is 26.4 Å². The van der Waals surface area contributed by atoms with Crippen molar-refractivity contribution in [1.29, 1.82) is 0 Å². The fourth-order valence-corrected chi connectivity index (χ4v) is 4.72. The Hall–Kier alpha value is -1.96. The monoisotopic (exact) mass is 426 g/mol. The minimum absolute atomic E-state index is 0.207. The highest BCUT2D eigenvalue weighted by molar-refractivity contribution is 6.09. The molecule has 2 fully saturated rings. The molecule has 0 bridgehead atoms. The van der Waals surface area contributed by atoms with Crippen molar-refractivity contribution in [2.75, 3.05) is 66.5 Å². The van der Waals surface area contributed by atoms with Crippen molar-refractivity contribution < 1.29 is 5.11 Å². The topological polar surface area (TPSA) is 57.9 Å². The van der Waals surface area contributed by atoms with Crippen LogP contribution in [0.15, 0.2) is 34.3 Å². The fourth-order valence-electron chi connectivity index (χ4n) is 4.72. The molecule has 2 saturated heterocycles. The van der Waals surface area contributed by atoms with Crippen LogP contribution < -0.4 is 0 Å². The molecular weight excluding hydrogens is 388 g/mol. The van der Waals surface area contributed by atoms with Gasteiger partial charge in [-0.2, -0.15) is 0 Å². The summed E-state index contributed by atoms with van der Waals surface area (Å²) in [4.78, 5) is 19.8. The van der Waals surface area contributed by atoms with Crippen LogP contribution in [0.4, 0.5) is 11.4 Å². The Bertz CT molecular complexity index is 747. The molecule has 3 heterocycles. The number of aliphatic hydroxyl groups excluding tert-OH is 1. The number of aliphatic imine (C=N–C) groups is 2. The van der Waals surface area contributed by atoms with Gasteiger partial charge in [0.05, 0.1) is 17.5 Å². The van der Waals surface area contributed by atoms with E-state index in [-0.39, 0.29) is 5.92 Å². The summed E-state index contributed by atoms with van der Waals surface area (Å²) in [6.07, 6.45) is 0.228. The molecule has 170 valence electrons. The maximum atomic E-state index is 11.5. The fraction of sp³-hybridized carbons (Fsp3) is 0.667. The third-order valence-electron chi connectivity index (χ3n) is 6.66. The van der Waals surface area contributed by atoms with E-state index in [4.69, 9.17) is 9.98 Å². The minimum Gasteiger partial charge on any atom is -0.392 e. The third-order valence-corrected chi connectivity index (χ3v) is 6.66. The van der Waals surface area contributed by atoms with E-state index in [9.17, 15) is 5.11 Å². The zero-order chi connectivity index (χ0) is 22.0. The second-order valence-electron chi connectivity index (χ2n) is 9.68. The zero-order valence-corrected chi connectivity index (χ0v) is 19.5. The Kier molecular flexibility index (Phi) is 6.94. The molecule has 1 atom stereocenters. The lowest BCUT2D eigenvalue weighted by Crippen LogP contribution is -2.57. The molecule has 7 heteroatoms. The second-order valence-corrected chi connectivity index (χ2v) is 9.68. The maximum Gasteiger partial charge on any atom is 0.118 e. The summed E-state index contributed by atoms with van der Waals surface area (Å²) in [7, 11) is 4.34. The molecule has 0 aromatic heterocycles. The Balaban J connectivity index is 1.78. The first-order chi connectivity index (χ1) is 14.9. The van der Waals surface area contributed by atoms with Gasteiger partial charge in [0.1, 0.15) is 17.6 Å². The number of para-hydroxylation sites is 2. The van der Waals surface area contributed by atoms with Crippen LogP contribution in [0.3, 0.4) is 0 Å². The molecular formula is C24H38N6O. The van der Waals surface area contributed by atoms with Crippen molar-refractivity contribution in [3.8, 4) is 0 Å². The van der Waals surface area contributed by atoms with Crippen molar-refractivity contribution in [1.82, 2.24) is 19.6 Å². The van der Waals surface area contributed by atoms with Crippen molar-refractivity contribution in [3.05, 3.63) is 24.3 Å². The number of hydrogen-bond donors (Lipinski definition) is 1. The van der Waals surface area contributed by atoms with Gasteiger partial charge in [-0.05, 0) is 38.6 Å². The van der Waals surface area contributed by atoms with Gasteiger partial charge in [-0.15, -0.1) is 0 Å². The number of fused-ring (bicyclic) bond motifs is 1. The summed E-state index contributed by atoms with van der Waals surface area (Å²) < 4.78 is 0. The molecule has 0 aliphatic carbocycles. The third kappa shape index (κ3) is 5.10. The largest absolute Gasteiger partial charge is 0.392 e. The highest BCUT2D eigenvalue weighted by Crippen LogP contribution is 2.35. The average molecular weight is 427 g/mol. The molecule has 1 aromatic rings. The molecule has 0 saturated carbocycles. The van der Waals surface area contributed by atoms with Crippen LogP contribution in [0.2, 0.25) is 0 Å². The molecule has 31 heavy (non-hydrogen) atoms. The van der Waals surface area contributed by atoms with Gasteiger partial charge in [0, 0.05) is 52.4 Å². The van der Waals surface area contributed by atoms with Crippen LogP contribution in [0, 0.1) is 11.8 Å². The summed E-state index contributed by atoms with van der Waals surface area (Å²) in [5.74, 6) is 2.18. The van der Waals surface area contributed by atoms with Crippen LogP contribution in [0.25, 0.3) is 0 Å². The lowest BCUT2D eigenvalue weighted by Gasteiger charge is -2.42. The van der Waals surface area contributed by atoms with E-state index in [1.54, 1.807) is 0 Å². The predicted octanol–water partition coefficient (Wildman–Crippen LogP) is 2.28. The highest BCUT2D eigenvalue weighted by Gasteiger charge is 2.39. The van der Waals surface area contributed by atoms with Gasteiger partial charge in [-0.1, -0.05) is 26.0 Å². The molecule has 0 spiro atoms. The number of rotatable bonds is 3. The van der Waals surface area contributed by atoms with Gasteiger partial charge in [-0.3, -0.25) is 0 Å². The highest BCUT2D eigenvalue weighted by atomic mass is 16.3. The molecule has 0 amide bonds. The lowest BCUT2D eigenvalue weighted by molar-refractivity contribution is 0.119. The molecule has 7 nitrogen and oxygen atoms in total. The molecule has 4 rings (SSSR count). The van der Waals surface area contributed by atoms with E-state index in [2.05, 4.69) is 47.5 Å². The van der Waals surface area contributed by atoms with E-state index in [0.29, 0.717) is 5.92 Å². The molecule has 1 unspecified atom stereocenters. The Labute approximate surface area is 187 Å². The van der Waals surface area contributed by atoms with Gasteiger partial charge in [0.25, 0.3) is 0 Å². The molecule has 1 N–H and O–H groups in total. The SMILES string of the molecule is CC(C)CC(O)C1C(N2CCN(C)CC2)=Nc2ccccc2N=C1N1CCN(C)CC1. The van der Waals surface area contributed by atoms with E-state index < -0.39 is 6.10 Å². The quantitative estimate of drug-likeness (QED) is 0.804. The van der Waals surface area contributed by atoms with Crippen molar-refractivity contribution >= 4 is 23.0 Å². The van der Waals surface area contributed by atoms with Gasteiger partial charge in [0.15, 0.2) is 0 Å². The van der Waals surface area contributed by atoms with Crippen molar-refractivity contribution in [2.24, 2.45) is 21.8 Å². The Morgan fingerprint density at radius 3 is 1.61 bits per heavy atom. The van der Waals surface area contributed by atoms with Gasteiger partial charge in [0.2, 0.25) is 0 Å². The summed E-state index contributed by atoms with van der Waals surface area (Å²) in [6, 6.07) is 8.15. The van der Waals surface area contributed by atoms with E-state index >= 15 is 0 Å². The first-order valence-electron chi connectivity index (χ1n) is 11.7. The first-order valence-corrected chi connectivity index (χ1v) is 11.7. The van der Waals surface area contributed by atoms with Crippen molar-refractivity contribution in [3.63, 3.8) is 0 Å². The lowest BCUT2D eigenvalue weighted by atomic mass is 9.90. The zero-order valence-electron chi connectivity index (χ0n) is 19.5. The standard InChI is InChI=1S/C24H38N6O/c1-18(2)17-21(31)22-23(29-13-9-27(3)10-14-29)25-19-7-5-6-8-20(19)26-24(22)30-15-11-28(4)12-16-30/h5-8,18,21-22,31H,9-17H2,1-4H3. The predicted molar refractivity (Wildman–Crippen MR) is 128 cm³/mol. The minimum atomic E-state index is -0.508. The molecule has 0 radical (unpaired) electrons. The molecule has 3 aliphatic heterocycles. The number of aliphatic hydroxyl groups is 1. The van der Waals surface area contributed by atoms with E-state index in [0.717, 1.165) is 81.8 Å². The number of piperazine rings is 2. The number of benzene rings is 1. The Morgan fingerprint density at radius 2 is 1.23 bits per heavy atom. The van der Waals surface area contributed by atoms with Gasteiger partial charge in [-0.25, -0.2) is 9.98 Å². The number of hydrogen-bond acceptors (Lipinski definition) is 7. The van der Waals surface area contributed by atoms with E-state index in [1.807, 2.05) is 24.3 Å². The second kappa shape index (κ2) is 9.67. The summed E-state index contributed by atoms with van der Waals surface area (Å²) >= 11 is 0. The first kappa shape index (κ1) is 22.2. The Morgan fingerprint density at radius 1 is 0.806 bits per heavy atom. The molecule has 1 aromatic carbocycles. The molecule has 3 aliphatic rings. The number of nitrogens with zero attached hydrogens (tertiary/aromatic N) is 6. The van der Waals surface area contributed by atoms with Gasteiger partial charge < -0.3 is 24.7 Å².